The molecule has 1 aliphatic heterocycles. The monoisotopic (exact) mass is 281 g/mol. The van der Waals surface area contributed by atoms with Crippen LogP contribution in [0.5, 0.6) is 0 Å². The average Bonchev–Trinajstić information content (AvgIpc) is 2.49. The predicted octanol–water partition coefficient (Wildman–Crippen LogP) is 2.96. The largest absolute Gasteiger partial charge is 0.308 e. The lowest BCUT2D eigenvalue weighted by molar-refractivity contribution is 0.625. The molecule has 0 aromatic heterocycles. The topological polar surface area (TPSA) is 50.7 Å². The van der Waals surface area contributed by atoms with Crippen LogP contribution in [0.1, 0.15) is 11.1 Å². The molecular weight excluding hydrogens is 265 g/mol. The molecule has 4 heteroatoms. The maximum atomic E-state index is 14.4. The molecule has 2 aromatic carbocycles. The zero-order valence-electron chi connectivity index (χ0n) is 11.8. The van der Waals surface area contributed by atoms with Crippen molar-refractivity contribution in [3.63, 3.8) is 0 Å². The molecule has 0 saturated heterocycles. The number of benzene rings is 2. The van der Waals surface area contributed by atoms with Crippen molar-refractivity contribution in [3.8, 4) is 11.1 Å². The maximum Gasteiger partial charge on any atom is 0.133 e. The minimum absolute atomic E-state index is 0.295. The molecule has 0 fully saturated rings. The fourth-order valence-electron chi connectivity index (χ4n) is 2.39. The fraction of sp³-hybridized carbons (Fsp3) is 0.176. The summed E-state index contributed by atoms with van der Waals surface area (Å²) in [4.78, 5) is 8.34. The molecule has 0 saturated carbocycles. The zero-order valence-corrected chi connectivity index (χ0v) is 11.8. The minimum atomic E-state index is -0.317. The Bertz CT molecular complexity index is 735. The van der Waals surface area contributed by atoms with E-state index in [4.69, 9.17) is 5.73 Å². The van der Waals surface area contributed by atoms with E-state index in [2.05, 4.69) is 9.98 Å². The van der Waals surface area contributed by atoms with Gasteiger partial charge in [-0.15, -0.1) is 0 Å². The molecule has 3 rings (SSSR count). The Balaban J connectivity index is 1.98. The van der Waals surface area contributed by atoms with E-state index in [-0.39, 0.29) is 12.0 Å². The van der Waals surface area contributed by atoms with Crippen molar-refractivity contribution < 1.29 is 4.39 Å². The van der Waals surface area contributed by atoms with E-state index in [1.807, 2.05) is 37.3 Å². The molecule has 21 heavy (non-hydrogen) atoms. The summed E-state index contributed by atoms with van der Waals surface area (Å²) in [6.07, 6.45) is 1.23. The van der Waals surface area contributed by atoms with Crippen molar-refractivity contribution in [2.45, 2.75) is 13.1 Å². The minimum Gasteiger partial charge on any atom is -0.308 e. The SMILES string of the molecule is Cc1ccccc1-c1ccc(C2=NCC(N)N=C2)c(F)c1. The number of aryl methyl sites for hydroxylation is 1. The van der Waals surface area contributed by atoms with Gasteiger partial charge in [-0.25, -0.2) is 4.39 Å². The van der Waals surface area contributed by atoms with Crippen LogP contribution in [-0.4, -0.2) is 24.6 Å². The van der Waals surface area contributed by atoms with Gasteiger partial charge in [-0.1, -0.05) is 30.3 Å². The summed E-state index contributed by atoms with van der Waals surface area (Å²) in [6, 6.07) is 13.1. The van der Waals surface area contributed by atoms with Gasteiger partial charge in [0.25, 0.3) is 0 Å². The molecule has 2 N–H and O–H groups in total. The van der Waals surface area contributed by atoms with Crippen LogP contribution in [0.2, 0.25) is 0 Å². The molecule has 106 valence electrons. The summed E-state index contributed by atoms with van der Waals surface area (Å²) in [5.41, 5.74) is 9.65. The summed E-state index contributed by atoms with van der Waals surface area (Å²) >= 11 is 0. The Kier molecular flexibility index (Phi) is 3.62. The Labute approximate surface area is 123 Å². The van der Waals surface area contributed by atoms with Gasteiger partial charge in [-0.05, 0) is 35.7 Å². The second-order valence-electron chi connectivity index (χ2n) is 5.08. The molecule has 1 heterocycles. The summed E-state index contributed by atoms with van der Waals surface area (Å²) in [5, 5.41) is 0. The highest BCUT2D eigenvalue weighted by Gasteiger charge is 2.13. The average molecular weight is 281 g/mol. The van der Waals surface area contributed by atoms with Crippen LogP contribution in [0.25, 0.3) is 11.1 Å². The predicted molar refractivity (Wildman–Crippen MR) is 84.4 cm³/mol. The Hall–Kier alpha value is -2.33. The van der Waals surface area contributed by atoms with Gasteiger partial charge in [-0.3, -0.25) is 9.98 Å². The Morgan fingerprint density at radius 2 is 1.95 bits per heavy atom. The lowest BCUT2D eigenvalue weighted by Gasteiger charge is -2.12. The molecule has 1 atom stereocenters. The van der Waals surface area contributed by atoms with Crippen LogP contribution in [0.3, 0.4) is 0 Å². The van der Waals surface area contributed by atoms with Crippen molar-refractivity contribution >= 4 is 11.9 Å². The lowest BCUT2D eigenvalue weighted by atomic mass is 9.98. The number of nitrogens with two attached hydrogens (primary N) is 1. The highest BCUT2D eigenvalue weighted by Crippen LogP contribution is 2.25. The van der Waals surface area contributed by atoms with Gasteiger partial charge in [0.1, 0.15) is 12.0 Å². The molecule has 1 aliphatic rings. The quantitative estimate of drug-likeness (QED) is 0.904. The summed E-state index contributed by atoms with van der Waals surface area (Å²) in [6.45, 7) is 2.41. The van der Waals surface area contributed by atoms with Crippen LogP contribution in [0, 0.1) is 12.7 Å². The lowest BCUT2D eigenvalue weighted by Crippen LogP contribution is -2.27. The summed E-state index contributed by atoms with van der Waals surface area (Å²) in [7, 11) is 0. The van der Waals surface area contributed by atoms with Crippen LogP contribution in [-0.2, 0) is 0 Å². The third-order valence-electron chi connectivity index (χ3n) is 3.54. The Morgan fingerprint density at radius 1 is 1.14 bits per heavy atom. The highest BCUT2D eigenvalue weighted by molar-refractivity contribution is 6.38. The number of rotatable bonds is 2. The van der Waals surface area contributed by atoms with E-state index < -0.39 is 0 Å². The molecule has 0 spiro atoms. The van der Waals surface area contributed by atoms with Gasteiger partial charge in [0, 0.05) is 11.8 Å². The normalized spacial score (nSPS) is 17.7. The van der Waals surface area contributed by atoms with Crippen LogP contribution in [0.4, 0.5) is 4.39 Å². The standard InChI is InChI=1S/C17H16FN3/c1-11-4-2-3-5-13(11)12-6-7-14(15(18)8-12)16-9-21-17(19)10-20-16/h2-9,17H,10,19H2,1H3. The number of aliphatic imine (C=N–C) groups is 2. The van der Waals surface area contributed by atoms with E-state index in [9.17, 15) is 4.39 Å². The molecule has 0 bridgehead atoms. The van der Waals surface area contributed by atoms with Crippen molar-refractivity contribution in [2.75, 3.05) is 6.54 Å². The third kappa shape index (κ3) is 2.76. The van der Waals surface area contributed by atoms with Crippen molar-refractivity contribution in [1.82, 2.24) is 0 Å². The van der Waals surface area contributed by atoms with Gasteiger partial charge >= 0.3 is 0 Å². The van der Waals surface area contributed by atoms with E-state index in [1.54, 1.807) is 18.3 Å². The van der Waals surface area contributed by atoms with Gasteiger partial charge in [0.15, 0.2) is 0 Å². The second kappa shape index (κ2) is 5.58. The van der Waals surface area contributed by atoms with Gasteiger partial charge in [-0.2, -0.15) is 0 Å². The summed E-state index contributed by atoms with van der Waals surface area (Å²) < 4.78 is 14.4. The van der Waals surface area contributed by atoms with Crippen LogP contribution in [0.15, 0.2) is 52.4 Å². The first-order valence-corrected chi connectivity index (χ1v) is 6.84. The highest BCUT2D eigenvalue weighted by atomic mass is 19.1. The second-order valence-corrected chi connectivity index (χ2v) is 5.08. The molecular formula is C17H16FN3. The first-order chi connectivity index (χ1) is 10.1. The van der Waals surface area contributed by atoms with E-state index in [1.165, 1.54) is 0 Å². The van der Waals surface area contributed by atoms with Crippen molar-refractivity contribution in [3.05, 3.63) is 59.4 Å². The van der Waals surface area contributed by atoms with Crippen molar-refractivity contribution in [2.24, 2.45) is 15.7 Å². The molecule has 1 unspecified atom stereocenters. The number of hydrogen-bond donors (Lipinski definition) is 1. The maximum absolute atomic E-state index is 14.4. The van der Waals surface area contributed by atoms with Crippen LogP contribution < -0.4 is 5.73 Å². The van der Waals surface area contributed by atoms with E-state index in [0.29, 0.717) is 17.8 Å². The molecule has 0 aliphatic carbocycles. The number of nitrogens with zero attached hydrogens (tertiary/aromatic N) is 2. The van der Waals surface area contributed by atoms with E-state index >= 15 is 0 Å². The smallest absolute Gasteiger partial charge is 0.133 e. The van der Waals surface area contributed by atoms with Gasteiger partial charge in [0.2, 0.25) is 0 Å². The molecule has 3 nitrogen and oxygen atoms in total. The van der Waals surface area contributed by atoms with E-state index in [0.717, 1.165) is 16.7 Å². The zero-order chi connectivity index (χ0) is 14.8. The first-order valence-electron chi connectivity index (χ1n) is 6.84. The van der Waals surface area contributed by atoms with Gasteiger partial charge in [0.05, 0.1) is 12.3 Å². The fourth-order valence-corrected chi connectivity index (χ4v) is 2.39. The molecule has 0 radical (unpaired) electrons. The number of halogens is 1. The third-order valence-corrected chi connectivity index (χ3v) is 3.54. The Morgan fingerprint density at radius 3 is 2.62 bits per heavy atom. The summed E-state index contributed by atoms with van der Waals surface area (Å²) in [5.74, 6) is -0.295. The van der Waals surface area contributed by atoms with Crippen LogP contribution >= 0.6 is 0 Å². The van der Waals surface area contributed by atoms with Gasteiger partial charge < -0.3 is 5.73 Å². The molecule has 2 aromatic rings. The first kappa shape index (κ1) is 13.6. The number of hydrogen-bond acceptors (Lipinski definition) is 3. The molecule has 0 amide bonds. The van der Waals surface area contributed by atoms with Crippen molar-refractivity contribution in [1.29, 1.82) is 0 Å².